The Kier molecular flexibility index (Phi) is 6.80. The number of fused-ring (bicyclic) bond motifs is 4. The van der Waals surface area contributed by atoms with Crippen molar-refractivity contribution in [2.24, 2.45) is 0 Å². The van der Waals surface area contributed by atoms with Gasteiger partial charge in [0.2, 0.25) is 0 Å². The van der Waals surface area contributed by atoms with Crippen LogP contribution in [0.5, 0.6) is 0 Å². The normalized spacial score (nSPS) is 11.3. The number of benzene rings is 8. The van der Waals surface area contributed by atoms with Gasteiger partial charge in [-0.05, 0) is 66.7 Å². The zero-order valence-corrected chi connectivity index (χ0v) is 26.1. The van der Waals surface area contributed by atoms with Crippen molar-refractivity contribution in [1.29, 1.82) is 0 Å². The van der Waals surface area contributed by atoms with Gasteiger partial charge < -0.3 is 0 Å². The molecule has 3 nitrogen and oxygen atoms in total. The van der Waals surface area contributed by atoms with Crippen molar-refractivity contribution in [1.82, 2.24) is 15.0 Å². The van der Waals surface area contributed by atoms with E-state index >= 15 is 0 Å². The molecule has 9 rings (SSSR count). The minimum absolute atomic E-state index is 0.644. The van der Waals surface area contributed by atoms with Crippen LogP contribution in [-0.2, 0) is 0 Å². The highest BCUT2D eigenvalue weighted by Gasteiger charge is 2.14. The molecule has 48 heavy (non-hydrogen) atoms. The second-order valence-electron chi connectivity index (χ2n) is 12.1. The van der Waals surface area contributed by atoms with E-state index in [1.54, 1.807) is 0 Å². The monoisotopic (exact) mass is 611 g/mol. The Morgan fingerprint density at radius 1 is 0.229 bits per heavy atom. The van der Waals surface area contributed by atoms with Crippen molar-refractivity contribution in [2.75, 3.05) is 0 Å². The van der Waals surface area contributed by atoms with Crippen molar-refractivity contribution in [2.45, 2.75) is 0 Å². The van der Waals surface area contributed by atoms with Crippen LogP contribution >= 0.6 is 0 Å². The lowest BCUT2D eigenvalue weighted by molar-refractivity contribution is 1.07. The smallest absolute Gasteiger partial charge is 0.164 e. The van der Waals surface area contributed by atoms with Gasteiger partial charge in [-0.15, -0.1) is 0 Å². The molecule has 9 aromatic rings. The highest BCUT2D eigenvalue weighted by molar-refractivity contribution is 6.08. The van der Waals surface area contributed by atoms with Gasteiger partial charge >= 0.3 is 0 Å². The summed E-state index contributed by atoms with van der Waals surface area (Å²) in [5.41, 5.74) is 7.50. The number of hydrogen-bond donors (Lipinski definition) is 0. The van der Waals surface area contributed by atoms with Crippen molar-refractivity contribution < 1.29 is 0 Å². The molecule has 1 heterocycles. The summed E-state index contributed by atoms with van der Waals surface area (Å²) in [5, 5.41) is 7.31. The summed E-state index contributed by atoms with van der Waals surface area (Å²) in [6.07, 6.45) is 0. The Morgan fingerprint density at radius 3 is 1.35 bits per heavy atom. The molecule has 0 atom stereocenters. The summed E-state index contributed by atoms with van der Waals surface area (Å²) in [7, 11) is 0. The Bertz CT molecular complexity index is 2590. The van der Waals surface area contributed by atoms with Crippen molar-refractivity contribution in [3.05, 3.63) is 176 Å². The fourth-order valence-corrected chi connectivity index (χ4v) is 6.54. The minimum Gasteiger partial charge on any atom is -0.208 e. The molecule has 0 aliphatic carbocycles. The van der Waals surface area contributed by atoms with Gasteiger partial charge in [0.15, 0.2) is 17.5 Å². The zero-order valence-electron chi connectivity index (χ0n) is 26.1. The molecule has 3 heteroatoms. The van der Waals surface area contributed by atoms with Gasteiger partial charge in [-0.25, -0.2) is 15.0 Å². The van der Waals surface area contributed by atoms with Gasteiger partial charge in [-0.2, -0.15) is 0 Å². The summed E-state index contributed by atoms with van der Waals surface area (Å²) in [4.78, 5) is 15.1. The second kappa shape index (κ2) is 11.7. The van der Waals surface area contributed by atoms with Crippen LogP contribution in [0.2, 0.25) is 0 Å². The van der Waals surface area contributed by atoms with Crippen LogP contribution < -0.4 is 0 Å². The Morgan fingerprint density at radius 2 is 0.646 bits per heavy atom. The van der Waals surface area contributed by atoms with Crippen LogP contribution in [0.25, 0.3) is 88.7 Å². The lowest BCUT2D eigenvalue weighted by atomic mass is 9.99. The average molecular weight is 612 g/mol. The maximum atomic E-state index is 5.05. The van der Waals surface area contributed by atoms with Gasteiger partial charge in [0.05, 0.1) is 0 Å². The third kappa shape index (κ3) is 5.18. The van der Waals surface area contributed by atoms with Crippen LogP contribution in [0.3, 0.4) is 0 Å². The molecule has 0 saturated carbocycles. The lowest BCUT2D eigenvalue weighted by Crippen LogP contribution is -2.00. The van der Waals surface area contributed by atoms with Gasteiger partial charge in [-0.3, -0.25) is 0 Å². The van der Waals surface area contributed by atoms with E-state index in [1.165, 1.54) is 38.1 Å². The number of rotatable bonds is 5. The Labute approximate surface area is 278 Å². The van der Waals surface area contributed by atoms with Crippen LogP contribution in [0.15, 0.2) is 176 Å². The van der Waals surface area contributed by atoms with Crippen LogP contribution in [0.4, 0.5) is 0 Å². The molecular formula is C45H29N3. The fraction of sp³-hybridized carbons (Fsp3) is 0. The zero-order chi connectivity index (χ0) is 31.9. The van der Waals surface area contributed by atoms with E-state index < -0.39 is 0 Å². The summed E-state index contributed by atoms with van der Waals surface area (Å²) in [5.74, 6) is 1.94. The third-order valence-electron chi connectivity index (χ3n) is 9.11. The highest BCUT2D eigenvalue weighted by Crippen LogP contribution is 2.32. The third-order valence-corrected chi connectivity index (χ3v) is 9.11. The van der Waals surface area contributed by atoms with Crippen LogP contribution in [0.1, 0.15) is 0 Å². The molecule has 1 aromatic heterocycles. The molecule has 0 radical (unpaired) electrons. The van der Waals surface area contributed by atoms with Gasteiger partial charge in [0, 0.05) is 16.7 Å². The largest absolute Gasteiger partial charge is 0.208 e. The first-order valence-corrected chi connectivity index (χ1v) is 16.2. The Hall–Kier alpha value is -6.45. The van der Waals surface area contributed by atoms with Crippen LogP contribution in [0, 0.1) is 0 Å². The van der Waals surface area contributed by atoms with Crippen molar-refractivity contribution in [3.8, 4) is 56.4 Å². The molecular weight excluding hydrogens is 583 g/mol. The van der Waals surface area contributed by atoms with E-state index in [0.717, 1.165) is 33.2 Å². The molecule has 224 valence electrons. The van der Waals surface area contributed by atoms with Gasteiger partial charge in [0.1, 0.15) is 0 Å². The van der Waals surface area contributed by atoms with E-state index in [1.807, 2.05) is 6.07 Å². The van der Waals surface area contributed by atoms with E-state index in [2.05, 4.69) is 170 Å². The first kappa shape index (κ1) is 27.8. The molecule has 0 N–H and O–H groups in total. The SMILES string of the molecule is c1ccc(-c2ccc(-c3nc(-c4ccc(-c5ccc6ccccc6c5)cc4)nc(-c4ccc5c(ccc6ccccc65)c4)n3)cc2)cc1. The molecule has 0 unspecified atom stereocenters. The lowest BCUT2D eigenvalue weighted by Gasteiger charge is -2.11. The minimum atomic E-state index is 0.644. The first-order valence-electron chi connectivity index (χ1n) is 16.2. The van der Waals surface area contributed by atoms with E-state index in [0.29, 0.717) is 17.5 Å². The average Bonchev–Trinajstić information content (AvgIpc) is 3.17. The summed E-state index contributed by atoms with van der Waals surface area (Å²) < 4.78 is 0. The number of hydrogen-bond acceptors (Lipinski definition) is 3. The molecule has 0 aliphatic rings. The van der Waals surface area contributed by atoms with Crippen molar-refractivity contribution in [3.63, 3.8) is 0 Å². The van der Waals surface area contributed by atoms with Crippen LogP contribution in [-0.4, -0.2) is 15.0 Å². The second-order valence-corrected chi connectivity index (χ2v) is 12.1. The fourth-order valence-electron chi connectivity index (χ4n) is 6.54. The number of aromatic nitrogens is 3. The molecule has 0 bridgehead atoms. The standard InChI is InChI=1S/C45H29N3/c1-2-8-30(9-3-1)32-14-20-35(21-15-32)43-46-44(36-22-16-33(17-23-36)38-24-18-31-10-4-5-12-37(31)28-38)48-45(47-43)40-26-27-42-39(29-40)25-19-34-11-6-7-13-41(34)42/h1-29H. The summed E-state index contributed by atoms with van der Waals surface area (Å²) in [6, 6.07) is 61.8. The van der Waals surface area contributed by atoms with E-state index in [-0.39, 0.29) is 0 Å². The van der Waals surface area contributed by atoms with E-state index in [4.69, 9.17) is 15.0 Å². The molecule has 0 spiro atoms. The molecule has 8 aromatic carbocycles. The van der Waals surface area contributed by atoms with Crippen molar-refractivity contribution >= 4 is 32.3 Å². The molecule has 0 fully saturated rings. The predicted molar refractivity (Wildman–Crippen MR) is 200 cm³/mol. The predicted octanol–water partition coefficient (Wildman–Crippen LogP) is 11.7. The number of nitrogens with zero attached hydrogens (tertiary/aromatic N) is 3. The summed E-state index contributed by atoms with van der Waals surface area (Å²) in [6.45, 7) is 0. The Balaban J connectivity index is 1.14. The van der Waals surface area contributed by atoms with Gasteiger partial charge in [-0.1, -0.05) is 164 Å². The first-order chi connectivity index (χ1) is 23.7. The molecule has 0 saturated heterocycles. The summed E-state index contributed by atoms with van der Waals surface area (Å²) >= 11 is 0. The van der Waals surface area contributed by atoms with Gasteiger partial charge in [0.25, 0.3) is 0 Å². The maximum Gasteiger partial charge on any atom is 0.164 e. The van der Waals surface area contributed by atoms with E-state index in [9.17, 15) is 0 Å². The topological polar surface area (TPSA) is 38.7 Å². The quantitative estimate of drug-likeness (QED) is 0.182. The molecule has 0 aliphatic heterocycles. The molecule has 0 amide bonds. The highest BCUT2D eigenvalue weighted by atomic mass is 15.0. The maximum absolute atomic E-state index is 5.05.